The fourth-order valence-corrected chi connectivity index (χ4v) is 6.60. The van der Waals surface area contributed by atoms with Crippen molar-refractivity contribution in [1.82, 2.24) is 9.47 Å². The number of nitrogens with zero attached hydrogens (tertiary/aromatic N) is 3. The molecule has 206 valence electrons. The summed E-state index contributed by atoms with van der Waals surface area (Å²) in [6.45, 7) is 3.23. The molecule has 2 atom stereocenters. The van der Waals surface area contributed by atoms with Crippen molar-refractivity contribution in [3.63, 3.8) is 0 Å². The minimum atomic E-state index is -0.145. The number of nitrogens with two attached hydrogens (primary N) is 1. The lowest BCUT2D eigenvalue weighted by Crippen LogP contribution is -2.45. The SMILES string of the molecule is COc1ccc(Cn2c([C@@H]3Nc4cc(C(=O)N5CCCC(N)C5)cc5c4N3CCO5)cc3cccc(Cl)c32)cc1. The highest BCUT2D eigenvalue weighted by atomic mass is 35.5. The van der Waals surface area contributed by atoms with E-state index in [-0.39, 0.29) is 18.1 Å². The monoisotopic (exact) mass is 557 g/mol. The molecular weight excluding hydrogens is 526 g/mol. The predicted octanol–water partition coefficient (Wildman–Crippen LogP) is 5.24. The third kappa shape index (κ3) is 4.22. The second-order valence-corrected chi connectivity index (χ2v) is 11.2. The Labute approximate surface area is 238 Å². The zero-order valence-electron chi connectivity index (χ0n) is 22.4. The maximum Gasteiger partial charge on any atom is 0.254 e. The smallest absolute Gasteiger partial charge is 0.254 e. The van der Waals surface area contributed by atoms with Gasteiger partial charge in [-0.15, -0.1) is 0 Å². The predicted molar refractivity (Wildman–Crippen MR) is 158 cm³/mol. The Morgan fingerprint density at radius 3 is 2.80 bits per heavy atom. The molecule has 3 aromatic carbocycles. The standard InChI is InChI=1S/C31H32ClN5O3/c1-39-23-9-7-19(8-10-23)17-37-26(15-20-4-2-6-24(32)28(20)37)30-34-25-14-21(16-27-29(25)36(30)12-13-40-27)31(38)35-11-3-5-22(33)18-35/h2,4,6-10,14-16,22,30,34H,3,5,11-13,17-18,33H2,1H3/t22?,30-/m1/s1. The maximum atomic E-state index is 13.5. The van der Waals surface area contributed by atoms with Crippen LogP contribution in [0.3, 0.4) is 0 Å². The number of hydrogen-bond acceptors (Lipinski definition) is 6. The number of fused-ring (bicyclic) bond motifs is 1. The van der Waals surface area contributed by atoms with Crippen LogP contribution < -0.4 is 25.4 Å². The maximum absolute atomic E-state index is 13.5. The summed E-state index contributed by atoms with van der Waals surface area (Å²) in [7, 11) is 1.67. The number of aromatic nitrogens is 1. The second-order valence-electron chi connectivity index (χ2n) is 10.8. The Bertz CT molecular complexity index is 1600. The van der Waals surface area contributed by atoms with E-state index in [1.807, 2.05) is 41.3 Å². The third-order valence-corrected chi connectivity index (χ3v) is 8.54. The Morgan fingerprint density at radius 1 is 1.15 bits per heavy atom. The van der Waals surface area contributed by atoms with Crippen LogP contribution in [0, 0.1) is 0 Å². The molecule has 8 nitrogen and oxygen atoms in total. The molecule has 40 heavy (non-hydrogen) atoms. The highest BCUT2D eigenvalue weighted by Gasteiger charge is 2.38. The minimum Gasteiger partial charge on any atom is -0.497 e. The van der Waals surface area contributed by atoms with Gasteiger partial charge in [0.15, 0.2) is 0 Å². The van der Waals surface area contributed by atoms with Gasteiger partial charge in [-0.05, 0) is 54.8 Å². The van der Waals surface area contributed by atoms with Crippen molar-refractivity contribution in [3.05, 3.63) is 82.5 Å². The van der Waals surface area contributed by atoms with Crippen LogP contribution in [0.4, 0.5) is 11.4 Å². The normalized spacial score (nSPS) is 19.8. The molecule has 0 saturated carbocycles. The van der Waals surface area contributed by atoms with Gasteiger partial charge in [-0.1, -0.05) is 35.9 Å². The van der Waals surface area contributed by atoms with E-state index >= 15 is 0 Å². The summed E-state index contributed by atoms with van der Waals surface area (Å²) in [4.78, 5) is 17.7. The summed E-state index contributed by atoms with van der Waals surface area (Å²) in [6.07, 6.45) is 1.74. The summed E-state index contributed by atoms with van der Waals surface area (Å²) >= 11 is 6.79. The van der Waals surface area contributed by atoms with Gasteiger partial charge in [-0.3, -0.25) is 4.79 Å². The summed E-state index contributed by atoms with van der Waals surface area (Å²) in [6, 6.07) is 20.2. The Balaban J connectivity index is 1.28. The van der Waals surface area contributed by atoms with Crippen LogP contribution in [0.5, 0.6) is 11.5 Å². The second kappa shape index (κ2) is 9.94. The number of ether oxygens (including phenoxy) is 2. The number of para-hydroxylation sites is 1. The van der Waals surface area contributed by atoms with Crippen LogP contribution >= 0.6 is 11.6 Å². The summed E-state index contributed by atoms with van der Waals surface area (Å²) in [5.41, 5.74) is 11.9. The number of hydrogen-bond donors (Lipinski definition) is 2. The van der Waals surface area contributed by atoms with E-state index in [1.54, 1.807) is 7.11 Å². The molecule has 0 spiro atoms. The van der Waals surface area contributed by atoms with E-state index in [4.69, 9.17) is 26.8 Å². The van der Waals surface area contributed by atoms with E-state index in [1.165, 1.54) is 0 Å². The van der Waals surface area contributed by atoms with Crippen LogP contribution in [0.25, 0.3) is 10.9 Å². The van der Waals surface area contributed by atoms with E-state index in [9.17, 15) is 4.79 Å². The topological polar surface area (TPSA) is 85.0 Å². The quantitative estimate of drug-likeness (QED) is 0.349. The molecule has 1 aromatic heterocycles. The number of rotatable bonds is 5. The molecule has 4 aromatic rings. The van der Waals surface area contributed by atoms with Gasteiger partial charge in [0.25, 0.3) is 5.91 Å². The van der Waals surface area contributed by atoms with Crippen molar-refractivity contribution >= 4 is 39.8 Å². The van der Waals surface area contributed by atoms with Gasteiger partial charge in [-0.2, -0.15) is 0 Å². The number of benzene rings is 3. The van der Waals surface area contributed by atoms with Gasteiger partial charge >= 0.3 is 0 Å². The molecule has 3 aliphatic heterocycles. The third-order valence-electron chi connectivity index (χ3n) is 8.23. The first kappa shape index (κ1) is 25.1. The first-order valence-electron chi connectivity index (χ1n) is 13.8. The number of amides is 1. The number of halogens is 1. The first-order valence-corrected chi connectivity index (χ1v) is 14.2. The van der Waals surface area contributed by atoms with Crippen LogP contribution in [0.15, 0.2) is 60.7 Å². The average molecular weight is 558 g/mol. The van der Waals surface area contributed by atoms with Crippen molar-refractivity contribution in [2.45, 2.75) is 31.6 Å². The molecule has 1 fully saturated rings. The summed E-state index contributed by atoms with van der Waals surface area (Å²) in [5.74, 6) is 1.56. The van der Waals surface area contributed by atoms with E-state index < -0.39 is 0 Å². The fraction of sp³-hybridized carbons (Fsp3) is 0.323. The van der Waals surface area contributed by atoms with Gasteiger partial charge in [0.2, 0.25) is 0 Å². The summed E-state index contributed by atoms with van der Waals surface area (Å²) in [5, 5.41) is 5.53. The lowest BCUT2D eigenvalue weighted by Gasteiger charge is -2.33. The highest BCUT2D eigenvalue weighted by Crippen LogP contribution is 2.50. The van der Waals surface area contributed by atoms with Crippen molar-refractivity contribution < 1.29 is 14.3 Å². The van der Waals surface area contributed by atoms with Gasteiger partial charge in [0.1, 0.15) is 30.0 Å². The van der Waals surface area contributed by atoms with E-state index in [0.717, 1.165) is 71.0 Å². The Kier molecular flexibility index (Phi) is 6.24. The molecule has 0 bridgehead atoms. The molecule has 1 saturated heterocycles. The van der Waals surface area contributed by atoms with Crippen LogP contribution in [0.2, 0.25) is 5.02 Å². The zero-order chi connectivity index (χ0) is 27.4. The molecule has 1 unspecified atom stereocenters. The molecule has 3 N–H and O–H groups in total. The van der Waals surface area contributed by atoms with Crippen LogP contribution in [-0.2, 0) is 6.54 Å². The van der Waals surface area contributed by atoms with Gasteiger partial charge in [0.05, 0.1) is 35.6 Å². The molecule has 0 radical (unpaired) electrons. The Hall–Kier alpha value is -3.88. The molecule has 1 amide bonds. The lowest BCUT2D eigenvalue weighted by molar-refractivity contribution is 0.0708. The van der Waals surface area contributed by atoms with Gasteiger partial charge in [0, 0.05) is 36.6 Å². The molecule has 7 rings (SSSR count). The van der Waals surface area contributed by atoms with Crippen molar-refractivity contribution in [2.75, 3.05) is 43.6 Å². The van der Waals surface area contributed by atoms with Crippen molar-refractivity contribution in [3.8, 4) is 11.5 Å². The van der Waals surface area contributed by atoms with E-state index in [2.05, 4.69) is 39.0 Å². The van der Waals surface area contributed by atoms with Crippen molar-refractivity contribution in [2.24, 2.45) is 5.73 Å². The number of carbonyl (C=O) groups excluding carboxylic acids is 1. The Morgan fingerprint density at radius 2 is 2.00 bits per heavy atom. The fourth-order valence-electron chi connectivity index (χ4n) is 6.32. The molecule has 9 heteroatoms. The molecule has 0 aliphatic carbocycles. The number of likely N-dealkylation sites (tertiary alicyclic amines) is 1. The zero-order valence-corrected chi connectivity index (χ0v) is 23.2. The number of carbonyl (C=O) groups is 1. The number of anilines is 2. The summed E-state index contributed by atoms with van der Waals surface area (Å²) < 4.78 is 13.8. The average Bonchev–Trinajstić information content (AvgIpc) is 3.53. The van der Waals surface area contributed by atoms with Crippen molar-refractivity contribution in [1.29, 1.82) is 0 Å². The van der Waals surface area contributed by atoms with Gasteiger partial charge in [-0.25, -0.2) is 0 Å². The lowest BCUT2D eigenvalue weighted by atomic mass is 10.0. The first-order chi connectivity index (χ1) is 19.5. The highest BCUT2D eigenvalue weighted by molar-refractivity contribution is 6.35. The van der Waals surface area contributed by atoms with E-state index in [0.29, 0.717) is 30.3 Å². The number of piperidine rings is 1. The van der Waals surface area contributed by atoms with Gasteiger partial charge < -0.3 is 34.9 Å². The molecule has 4 heterocycles. The minimum absolute atomic E-state index is 0.000532. The number of methoxy groups -OCH3 is 1. The van der Waals surface area contributed by atoms with Crippen LogP contribution in [-0.4, -0.2) is 54.8 Å². The molecular formula is C31H32ClN5O3. The largest absolute Gasteiger partial charge is 0.497 e. The number of nitrogens with one attached hydrogen (secondary N) is 1. The molecule has 3 aliphatic rings. The van der Waals surface area contributed by atoms with Crippen LogP contribution in [0.1, 0.15) is 40.6 Å².